The molecule has 1 heterocycles. The first-order chi connectivity index (χ1) is 6.68. The number of aromatic nitrogens is 1. The first-order valence-electron chi connectivity index (χ1n) is 4.25. The number of hydrogen-bond donors (Lipinski definition) is 0. The fourth-order valence-electron chi connectivity index (χ4n) is 1.42. The summed E-state index contributed by atoms with van der Waals surface area (Å²) in [5, 5.41) is 0. The Labute approximate surface area is 100 Å². The van der Waals surface area contributed by atoms with Gasteiger partial charge in [0.05, 0.1) is 0 Å². The molecule has 3 heteroatoms. The molecular formula is C11H9Br2N. The molecule has 0 atom stereocenters. The summed E-state index contributed by atoms with van der Waals surface area (Å²) in [6, 6.07) is 10.4. The number of halogens is 2. The summed E-state index contributed by atoms with van der Waals surface area (Å²) >= 11 is 6.96. The highest BCUT2D eigenvalue weighted by molar-refractivity contribution is 9.13. The highest BCUT2D eigenvalue weighted by Crippen LogP contribution is 2.28. The van der Waals surface area contributed by atoms with Crippen molar-refractivity contribution >= 4 is 31.9 Å². The van der Waals surface area contributed by atoms with E-state index in [4.69, 9.17) is 0 Å². The molecule has 0 aliphatic carbocycles. The van der Waals surface area contributed by atoms with Crippen molar-refractivity contribution in [3.8, 4) is 11.3 Å². The second-order valence-corrected chi connectivity index (χ2v) is 4.84. The van der Waals surface area contributed by atoms with Gasteiger partial charge in [-0.2, -0.15) is 0 Å². The van der Waals surface area contributed by atoms with Crippen molar-refractivity contribution in [3.63, 3.8) is 0 Å². The van der Waals surface area contributed by atoms with Crippen LogP contribution in [0.2, 0.25) is 0 Å². The zero-order valence-corrected chi connectivity index (χ0v) is 10.8. The number of nitrogens with zero attached hydrogens (tertiary/aromatic N) is 1. The van der Waals surface area contributed by atoms with Crippen LogP contribution in [0.25, 0.3) is 11.3 Å². The Kier molecular flexibility index (Phi) is 2.79. The molecule has 0 saturated carbocycles. The molecule has 0 spiro atoms. The molecule has 1 nitrogen and oxygen atoms in total. The molecule has 0 fully saturated rings. The van der Waals surface area contributed by atoms with Crippen LogP contribution in [0, 0.1) is 0 Å². The van der Waals surface area contributed by atoms with Crippen molar-refractivity contribution in [1.82, 2.24) is 4.57 Å². The monoisotopic (exact) mass is 313 g/mol. The topological polar surface area (TPSA) is 4.93 Å². The first-order valence-corrected chi connectivity index (χ1v) is 5.84. The second kappa shape index (κ2) is 3.91. The molecular weight excluding hydrogens is 306 g/mol. The van der Waals surface area contributed by atoms with Gasteiger partial charge in [0.2, 0.25) is 0 Å². The van der Waals surface area contributed by atoms with Crippen LogP contribution in [0.15, 0.2) is 45.5 Å². The van der Waals surface area contributed by atoms with Crippen molar-refractivity contribution in [1.29, 1.82) is 0 Å². The van der Waals surface area contributed by atoms with E-state index in [2.05, 4.69) is 54.6 Å². The SMILES string of the molecule is Cn1cccc1-c1ccc(Br)c(Br)c1. The molecule has 14 heavy (non-hydrogen) atoms. The summed E-state index contributed by atoms with van der Waals surface area (Å²) < 4.78 is 4.27. The van der Waals surface area contributed by atoms with Crippen molar-refractivity contribution in [2.45, 2.75) is 0 Å². The van der Waals surface area contributed by atoms with Crippen molar-refractivity contribution in [2.24, 2.45) is 7.05 Å². The summed E-state index contributed by atoms with van der Waals surface area (Å²) in [6.07, 6.45) is 2.05. The van der Waals surface area contributed by atoms with Crippen LogP contribution in [0.4, 0.5) is 0 Å². The smallest absolute Gasteiger partial charge is 0.0478 e. The van der Waals surface area contributed by atoms with Crippen LogP contribution in [0.5, 0.6) is 0 Å². The van der Waals surface area contributed by atoms with E-state index >= 15 is 0 Å². The minimum absolute atomic E-state index is 1.08. The van der Waals surface area contributed by atoms with Crippen molar-refractivity contribution < 1.29 is 0 Å². The van der Waals surface area contributed by atoms with Crippen LogP contribution in [-0.4, -0.2) is 4.57 Å². The fraction of sp³-hybridized carbons (Fsp3) is 0.0909. The van der Waals surface area contributed by atoms with E-state index in [0.29, 0.717) is 0 Å². The average Bonchev–Trinajstić information content (AvgIpc) is 2.57. The van der Waals surface area contributed by atoms with Gasteiger partial charge in [0.25, 0.3) is 0 Å². The van der Waals surface area contributed by atoms with E-state index in [-0.39, 0.29) is 0 Å². The maximum Gasteiger partial charge on any atom is 0.0478 e. The number of aryl methyl sites for hydroxylation is 1. The zero-order chi connectivity index (χ0) is 10.1. The van der Waals surface area contributed by atoms with E-state index in [1.54, 1.807) is 0 Å². The summed E-state index contributed by atoms with van der Waals surface area (Å²) in [5.74, 6) is 0. The van der Waals surface area contributed by atoms with Gasteiger partial charge >= 0.3 is 0 Å². The number of rotatable bonds is 1. The highest BCUT2D eigenvalue weighted by atomic mass is 79.9. The molecule has 0 amide bonds. The van der Waals surface area contributed by atoms with E-state index in [1.165, 1.54) is 11.3 Å². The van der Waals surface area contributed by atoms with Crippen LogP contribution in [0.1, 0.15) is 0 Å². The predicted octanol–water partition coefficient (Wildman–Crippen LogP) is 4.22. The third-order valence-corrected chi connectivity index (χ3v) is 4.04. The summed E-state index contributed by atoms with van der Waals surface area (Å²) in [7, 11) is 2.05. The lowest BCUT2D eigenvalue weighted by Gasteiger charge is -2.04. The molecule has 2 aromatic rings. The average molecular weight is 315 g/mol. The van der Waals surface area contributed by atoms with Crippen LogP contribution in [-0.2, 0) is 7.05 Å². The fourth-order valence-corrected chi connectivity index (χ4v) is 2.04. The Morgan fingerprint density at radius 1 is 1.07 bits per heavy atom. The maximum atomic E-state index is 3.50. The Hall–Kier alpha value is -0.540. The highest BCUT2D eigenvalue weighted by Gasteiger charge is 2.03. The third kappa shape index (κ3) is 1.79. The largest absolute Gasteiger partial charge is 0.351 e. The van der Waals surface area contributed by atoms with Gasteiger partial charge in [-0.25, -0.2) is 0 Å². The lowest BCUT2D eigenvalue weighted by molar-refractivity contribution is 0.937. The molecule has 0 saturated heterocycles. The molecule has 0 radical (unpaired) electrons. The molecule has 0 bridgehead atoms. The standard InChI is InChI=1S/C11H9Br2N/c1-14-6-2-3-11(14)8-4-5-9(12)10(13)7-8/h2-7H,1H3. The van der Waals surface area contributed by atoms with Gasteiger partial charge < -0.3 is 4.57 Å². The van der Waals surface area contributed by atoms with Gasteiger partial charge in [-0.05, 0) is 61.7 Å². The maximum absolute atomic E-state index is 3.50. The molecule has 1 aromatic carbocycles. The van der Waals surface area contributed by atoms with E-state index in [1.807, 2.05) is 25.4 Å². The van der Waals surface area contributed by atoms with E-state index in [9.17, 15) is 0 Å². The summed E-state index contributed by atoms with van der Waals surface area (Å²) in [6.45, 7) is 0. The van der Waals surface area contributed by atoms with E-state index in [0.717, 1.165) is 8.95 Å². The van der Waals surface area contributed by atoms with Gasteiger partial charge in [-0.1, -0.05) is 6.07 Å². The van der Waals surface area contributed by atoms with Crippen LogP contribution < -0.4 is 0 Å². The van der Waals surface area contributed by atoms with Crippen LogP contribution in [0.3, 0.4) is 0 Å². The van der Waals surface area contributed by atoms with Crippen molar-refractivity contribution in [3.05, 3.63) is 45.5 Å². The quantitative estimate of drug-likeness (QED) is 0.743. The molecule has 0 N–H and O–H groups in total. The van der Waals surface area contributed by atoms with Crippen molar-refractivity contribution in [2.75, 3.05) is 0 Å². The Morgan fingerprint density at radius 2 is 1.86 bits per heavy atom. The molecule has 0 aliphatic rings. The first kappa shape index (κ1) is 9.99. The summed E-state index contributed by atoms with van der Waals surface area (Å²) in [4.78, 5) is 0. The lowest BCUT2D eigenvalue weighted by atomic mass is 10.1. The lowest BCUT2D eigenvalue weighted by Crippen LogP contribution is -1.88. The predicted molar refractivity (Wildman–Crippen MR) is 66.2 cm³/mol. The number of hydrogen-bond acceptors (Lipinski definition) is 0. The normalized spacial score (nSPS) is 10.5. The Balaban J connectivity index is 2.53. The summed E-state index contributed by atoms with van der Waals surface area (Å²) in [5.41, 5.74) is 2.44. The van der Waals surface area contributed by atoms with Crippen LogP contribution >= 0.6 is 31.9 Å². The Bertz CT molecular complexity index is 460. The third-order valence-electron chi connectivity index (χ3n) is 2.16. The van der Waals surface area contributed by atoms with Gasteiger partial charge in [0.15, 0.2) is 0 Å². The zero-order valence-electron chi connectivity index (χ0n) is 7.67. The molecule has 0 unspecified atom stereocenters. The minimum Gasteiger partial charge on any atom is -0.351 e. The number of benzene rings is 1. The van der Waals surface area contributed by atoms with E-state index < -0.39 is 0 Å². The molecule has 1 aromatic heterocycles. The van der Waals surface area contributed by atoms with Gasteiger partial charge in [0, 0.05) is 27.9 Å². The molecule has 72 valence electrons. The Morgan fingerprint density at radius 3 is 2.43 bits per heavy atom. The van der Waals surface area contributed by atoms with Gasteiger partial charge in [-0.15, -0.1) is 0 Å². The van der Waals surface area contributed by atoms with Gasteiger partial charge in [-0.3, -0.25) is 0 Å². The molecule has 2 rings (SSSR count). The molecule has 0 aliphatic heterocycles. The second-order valence-electron chi connectivity index (χ2n) is 3.13. The minimum atomic E-state index is 1.08. The van der Waals surface area contributed by atoms with Gasteiger partial charge in [0.1, 0.15) is 0 Å².